The Hall–Kier alpha value is -1.88. The monoisotopic (exact) mass is 234 g/mol. The number of carboxylic acids is 1. The zero-order chi connectivity index (χ0) is 12.6. The molecule has 0 aliphatic rings. The third kappa shape index (κ3) is 2.01. The summed E-state index contributed by atoms with van der Waals surface area (Å²) in [6.45, 7) is 3.53. The highest BCUT2D eigenvalue weighted by molar-refractivity contribution is 5.93. The largest absolute Gasteiger partial charge is 0.476 e. The highest BCUT2D eigenvalue weighted by atomic mass is 16.4. The first kappa shape index (κ1) is 11.6. The first-order chi connectivity index (χ1) is 8.00. The van der Waals surface area contributed by atoms with Crippen LogP contribution in [0.3, 0.4) is 0 Å². The molecule has 1 unspecified atom stereocenters. The zero-order valence-corrected chi connectivity index (χ0v) is 9.71. The van der Waals surface area contributed by atoms with Gasteiger partial charge in [0.25, 0.3) is 0 Å². The molecular weight excluding hydrogens is 220 g/mol. The lowest BCUT2D eigenvalue weighted by molar-refractivity contribution is 0.0693. The van der Waals surface area contributed by atoms with Crippen LogP contribution in [0.15, 0.2) is 18.2 Å². The van der Waals surface area contributed by atoms with Crippen molar-refractivity contribution < 1.29 is 15.0 Å². The van der Waals surface area contributed by atoms with Gasteiger partial charge < -0.3 is 14.6 Å². The lowest BCUT2D eigenvalue weighted by atomic mass is 10.2. The molecule has 17 heavy (non-hydrogen) atoms. The molecule has 0 radical (unpaired) electrons. The lowest BCUT2D eigenvalue weighted by Crippen LogP contribution is -2.09. The molecule has 0 saturated heterocycles. The number of nitrogens with zero attached hydrogens (tertiary/aromatic N) is 2. The number of hydrogen-bond acceptors (Lipinski definition) is 3. The molecule has 90 valence electrons. The average molecular weight is 234 g/mol. The van der Waals surface area contributed by atoms with E-state index in [4.69, 9.17) is 5.11 Å². The molecule has 0 spiro atoms. The standard InChI is InChI=1S/C12H14N2O3/c1-7-4-3-5-9-11(12(16)17)13-10(14(7)9)6-8(2)15/h3-5,8,15H,6H2,1-2H3,(H,16,17). The second-order valence-corrected chi connectivity index (χ2v) is 4.12. The minimum Gasteiger partial charge on any atom is -0.476 e. The Morgan fingerprint density at radius 2 is 2.24 bits per heavy atom. The molecule has 0 saturated carbocycles. The maximum atomic E-state index is 11.1. The van der Waals surface area contributed by atoms with E-state index in [-0.39, 0.29) is 5.69 Å². The van der Waals surface area contributed by atoms with E-state index in [0.717, 1.165) is 5.69 Å². The molecule has 0 bridgehead atoms. The van der Waals surface area contributed by atoms with E-state index in [0.29, 0.717) is 17.8 Å². The van der Waals surface area contributed by atoms with Crippen LogP contribution < -0.4 is 0 Å². The fraction of sp³-hybridized carbons (Fsp3) is 0.333. The molecule has 1 atom stereocenters. The van der Waals surface area contributed by atoms with Crippen molar-refractivity contribution in [2.24, 2.45) is 0 Å². The third-order valence-electron chi connectivity index (χ3n) is 2.61. The number of carboxylic acid groups (broad SMARTS) is 1. The van der Waals surface area contributed by atoms with Crippen LogP contribution in [-0.4, -0.2) is 31.7 Å². The van der Waals surface area contributed by atoms with E-state index in [2.05, 4.69) is 4.98 Å². The summed E-state index contributed by atoms with van der Waals surface area (Å²) in [6, 6.07) is 5.39. The van der Waals surface area contributed by atoms with Crippen LogP contribution in [0, 0.1) is 6.92 Å². The molecule has 0 aliphatic carbocycles. The summed E-state index contributed by atoms with van der Waals surface area (Å²) in [5.41, 5.74) is 1.50. The number of carbonyl (C=O) groups is 1. The van der Waals surface area contributed by atoms with Gasteiger partial charge in [0.2, 0.25) is 0 Å². The van der Waals surface area contributed by atoms with Crippen molar-refractivity contribution in [3.05, 3.63) is 35.4 Å². The Morgan fingerprint density at radius 1 is 1.53 bits per heavy atom. The molecule has 0 fully saturated rings. The van der Waals surface area contributed by atoms with Crippen molar-refractivity contribution in [3.8, 4) is 0 Å². The van der Waals surface area contributed by atoms with Crippen LogP contribution in [0.2, 0.25) is 0 Å². The van der Waals surface area contributed by atoms with Crippen LogP contribution >= 0.6 is 0 Å². The molecule has 2 aromatic rings. The second kappa shape index (κ2) is 4.18. The molecule has 5 heteroatoms. The Bertz CT molecular complexity index is 572. The van der Waals surface area contributed by atoms with Crippen LogP contribution in [-0.2, 0) is 6.42 Å². The van der Waals surface area contributed by atoms with Gasteiger partial charge in [-0.05, 0) is 26.0 Å². The number of rotatable bonds is 3. The van der Waals surface area contributed by atoms with Gasteiger partial charge in [0, 0.05) is 12.1 Å². The van der Waals surface area contributed by atoms with E-state index in [9.17, 15) is 9.90 Å². The molecular formula is C12H14N2O3. The fourth-order valence-electron chi connectivity index (χ4n) is 1.94. The van der Waals surface area contributed by atoms with Crippen LogP contribution in [0.5, 0.6) is 0 Å². The Kier molecular flexibility index (Phi) is 2.85. The minimum absolute atomic E-state index is 0.0318. The van der Waals surface area contributed by atoms with Gasteiger partial charge in [-0.3, -0.25) is 0 Å². The predicted molar refractivity (Wildman–Crippen MR) is 62.3 cm³/mol. The molecule has 2 rings (SSSR count). The number of aliphatic hydroxyl groups is 1. The van der Waals surface area contributed by atoms with Gasteiger partial charge in [-0.15, -0.1) is 0 Å². The van der Waals surface area contributed by atoms with E-state index in [1.165, 1.54) is 0 Å². The van der Waals surface area contributed by atoms with Gasteiger partial charge in [0.05, 0.1) is 11.6 Å². The molecule has 5 nitrogen and oxygen atoms in total. The van der Waals surface area contributed by atoms with Crippen molar-refractivity contribution in [2.45, 2.75) is 26.4 Å². The van der Waals surface area contributed by atoms with Crippen molar-refractivity contribution in [1.82, 2.24) is 9.38 Å². The van der Waals surface area contributed by atoms with Crippen LogP contribution in [0.25, 0.3) is 5.52 Å². The smallest absolute Gasteiger partial charge is 0.356 e. The van der Waals surface area contributed by atoms with Crippen LogP contribution in [0.4, 0.5) is 0 Å². The second-order valence-electron chi connectivity index (χ2n) is 4.12. The number of fused-ring (bicyclic) bond motifs is 1. The SMILES string of the molecule is Cc1cccc2c(C(=O)O)nc(CC(C)O)n12. The number of imidazole rings is 1. The maximum Gasteiger partial charge on any atom is 0.356 e. The predicted octanol–water partition coefficient (Wildman–Crippen LogP) is 1.26. The van der Waals surface area contributed by atoms with Gasteiger partial charge in [0.15, 0.2) is 5.69 Å². The first-order valence-corrected chi connectivity index (χ1v) is 5.39. The highest BCUT2D eigenvalue weighted by Crippen LogP contribution is 2.17. The normalized spacial score (nSPS) is 12.9. The van der Waals surface area contributed by atoms with Gasteiger partial charge >= 0.3 is 5.97 Å². The Morgan fingerprint density at radius 3 is 2.82 bits per heavy atom. The molecule has 2 N–H and O–H groups in total. The maximum absolute atomic E-state index is 11.1. The quantitative estimate of drug-likeness (QED) is 0.838. The fourth-order valence-corrected chi connectivity index (χ4v) is 1.94. The summed E-state index contributed by atoms with van der Waals surface area (Å²) in [5, 5.41) is 18.5. The summed E-state index contributed by atoms with van der Waals surface area (Å²) in [6.07, 6.45) is -0.221. The van der Waals surface area contributed by atoms with Gasteiger partial charge in [-0.25, -0.2) is 9.78 Å². The Labute approximate surface area is 98.3 Å². The van der Waals surface area contributed by atoms with E-state index in [1.54, 1.807) is 23.5 Å². The van der Waals surface area contributed by atoms with E-state index < -0.39 is 12.1 Å². The van der Waals surface area contributed by atoms with Crippen molar-refractivity contribution in [2.75, 3.05) is 0 Å². The number of aromatic nitrogens is 2. The number of aromatic carboxylic acids is 1. The molecule has 0 aliphatic heterocycles. The van der Waals surface area contributed by atoms with Gasteiger partial charge in [0.1, 0.15) is 5.82 Å². The third-order valence-corrected chi connectivity index (χ3v) is 2.61. The lowest BCUT2D eigenvalue weighted by Gasteiger charge is -2.06. The summed E-state index contributed by atoms with van der Waals surface area (Å²) in [5.74, 6) is -0.476. The molecule has 0 aromatic carbocycles. The average Bonchev–Trinajstić information content (AvgIpc) is 2.57. The number of aryl methyl sites for hydroxylation is 1. The van der Waals surface area contributed by atoms with Crippen LogP contribution in [0.1, 0.15) is 28.9 Å². The summed E-state index contributed by atoms with van der Waals surface area (Å²) in [4.78, 5) is 15.2. The number of aliphatic hydroxyl groups excluding tert-OH is 1. The molecule has 2 aromatic heterocycles. The molecule has 0 amide bonds. The zero-order valence-electron chi connectivity index (χ0n) is 9.71. The van der Waals surface area contributed by atoms with Crippen molar-refractivity contribution in [3.63, 3.8) is 0 Å². The van der Waals surface area contributed by atoms with Gasteiger partial charge in [-0.1, -0.05) is 6.07 Å². The molecule has 2 heterocycles. The van der Waals surface area contributed by atoms with Crippen molar-refractivity contribution in [1.29, 1.82) is 0 Å². The highest BCUT2D eigenvalue weighted by Gasteiger charge is 2.18. The van der Waals surface area contributed by atoms with Crippen molar-refractivity contribution >= 4 is 11.5 Å². The first-order valence-electron chi connectivity index (χ1n) is 5.39. The minimum atomic E-state index is -1.05. The van der Waals surface area contributed by atoms with E-state index >= 15 is 0 Å². The van der Waals surface area contributed by atoms with Gasteiger partial charge in [-0.2, -0.15) is 0 Å². The van der Waals surface area contributed by atoms with E-state index in [1.807, 2.05) is 13.0 Å². The summed E-state index contributed by atoms with van der Waals surface area (Å²) < 4.78 is 1.77. The number of hydrogen-bond donors (Lipinski definition) is 2. The number of pyridine rings is 1. The summed E-state index contributed by atoms with van der Waals surface area (Å²) in [7, 11) is 0. The Balaban J connectivity index is 2.71. The topological polar surface area (TPSA) is 74.8 Å². The summed E-state index contributed by atoms with van der Waals surface area (Å²) >= 11 is 0.